The van der Waals surface area contributed by atoms with Gasteiger partial charge in [0.15, 0.2) is 0 Å². The van der Waals surface area contributed by atoms with Gasteiger partial charge in [0, 0.05) is 24.9 Å². The van der Waals surface area contributed by atoms with Gasteiger partial charge in [-0.1, -0.05) is 0 Å². The van der Waals surface area contributed by atoms with Gasteiger partial charge in [-0.25, -0.2) is 4.98 Å². The van der Waals surface area contributed by atoms with E-state index in [9.17, 15) is 9.59 Å². The van der Waals surface area contributed by atoms with E-state index in [0.29, 0.717) is 6.42 Å². The van der Waals surface area contributed by atoms with E-state index in [0.717, 1.165) is 5.69 Å². The predicted octanol–water partition coefficient (Wildman–Crippen LogP) is -0.708. The van der Waals surface area contributed by atoms with E-state index in [1.54, 1.807) is 6.20 Å². The molecular weight excluding hydrogens is 248 g/mol. The van der Waals surface area contributed by atoms with Crippen LogP contribution in [0.25, 0.3) is 0 Å². The minimum Gasteiger partial charge on any atom is -0.481 e. The Morgan fingerprint density at radius 1 is 1.59 bits per heavy atom. The van der Waals surface area contributed by atoms with Crippen LogP contribution in [0, 0.1) is 0 Å². The van der Waals surface area contributed by atoms with Gasteiger partial charge in [0.2, 0.25) is 5.91 Å². The normalized spacial score (nSPS) is 11.4. The minimum atomic E-state index is -0.956. The molecule has 0 unspecified atom stereocenters. The number of rotatable bonds is 6. The number of carbonyl (C=O) groups is 2. The van der Waals surface area contributed by atoms with E-state index in [4.69, 9.17) is 10.8 Å². The number of halogens is 1. The van der Waals surface area contributed by atoms with E-state index in [2.05, 4.69) is 15.3 Å². The summed E-state index contributed by atoms with van der Waals surface area (Å²) < 4.78 is 0. The molecule has 0 aromatic carbocycles. The second-order valence-corrected chi connectivity index (χ2v) is 3.32. The van der Waals surface area contributed by atoms with Crippen LogP contribution in [0.15, 0.2) is 12.5 Å². The van der Waals surface area contributed by atoms with Crippen molar-refractivity contribution in [3.63, 3.8) is 0 Å². The first kappa shape index (κ1) is 15.4. The minimum absolute atomic E-state index is 0. The van der Waals surface area contributed by atoms with Crippen LogP contribution >= 0.6 is 12.4 Å². The van der Waals surface area contributed by atoms with Crippen LogP contribution in [0.2, 0.25) is 0 Å². The fourth-order valence-corrected chi connectivity index (χ4v) is 1.15. The molecule has 96 valence electrons. The highest BCUT2D eigenvalue weighted by Gasteiger charge is 2.14. The lowest BCUT2D eigenvalue weighted by atomic mass is 10.1. The highest BCUT2D eigenvalue weighted by Crippen LogP contribution is 1.96. The molecule has 5 N–H and O–H groups in total. The van der Waals surface area contributed by atoms with E-state index < -0.39 is 12.0 Å². The van der Waals surface area contributed by atoms with E-state index in [1.165, 1.54) is 6.33 Å². The SMILES string of the molecule is Cl.N[C@@H](Cc1cnc[nH]1)C(=O)NCCC(=O)O. The number of nitrogens with one attached hydrogen (secondary N) is 2. The lowest BCUT2D eigenvalue weighted by Gasteiger charge is -2.10. The Balaban J connectivity index is 0.00000256. The number of nitrogens with two attached hydrogens (primary N) is 1. The van der Waals surface area contributed by atoms with Gasteiger partial charge in [0.25, 0.3) is 0 Å². The number of hydrogen-bond acceptors (Lipinski definition) is 4. The standard InChI is InChI=1S/C9H14N4O3.ClH/c10-7(3-6-4-11-5-13-6)9(16)12-2-1-8(14)15;/h4-5,7H,1-3,10H2,(H,11,13)(H,12,16)(H,14,15);1H/t7-;/m0./s1. The van der Waals surface area contributed by atoms with Gasteiger partial charge in [0.1, 0.15) is 0 Å². The molecule has 1 rings (SSSR count). The molecule has 8 heteroatoms. The molecule has 1 atom stereocenters. The molecule has 0 saturated heterocycles. The van der Waals surface area contributed by atoms with Crippen LogP contribution in [0.1, 0.15) is 12.1 Å². The van der Waals surface area contributed by atoms with Crippen molar-refractivity contribution in [1.82, 2.24) is 15.3 Å². The third-order valence-electron chi connectivity index (χ3n) is 1.97. The lowest BCUT2D eigenvalue weighted by molar-refractivity contribution is -0.136. The number of nitrogens with zero attached hydrogens (tertiary/aromatic N) is 1. The monoisotopic (exact) mass is 262 g/mol. The first-order valence-corrected chi connectivity index (χ1v) is 4.82. The Hall–Kier alpha value is -1.60. The third-order valence-corrected chi connectivity index (χ3v) is 1.97. The molecule has 0 aliphatic heterocycles. The van der Waals surface area contributed by atoms with Crippen molar-refractivity contribution in [3.8, 4) is 0 Å². The number of carboxylic acids is 1. The zero-order chi connectivity index (χ0) is 12.0. The molecule has 0 aliphatic carbocycles. The highest BCUT2D eigenvalue weighted by atomic mass is 35.5. The summed E-state index contributed by atoms with van der Waals surface area (Å²) in [6, 6.07) is -0.700. The number of hydrogen-bond donors (Lipinski definition) is 4. The Morgan fingerprint density at radius 3 is 2.82 bits per heavy atom. The van der Waals surface area contributed by atoms with Gasteiger partial charge in [-0.2, -0.15) is 0 Å². The van der Waals surface area contributed by atoms with Crippen LogP contribution in [0.3, 0.4) is 0 Å². The zero-order valence-corrected chi connectivity index (χ0v) is 9.87. The summed E-state index contributed by atoms with van der Waals surface area (Å²) in [5.41, 5.74) is 6.38. The van der Waals surface area contributed by atoms with Crippen molar-refractivity contribution in [1.29, 1.82) is 0 Å². The summed E-state index contributed by atoms with van der Waals surface area (Å²) in [5, 5.41) is 10.8. The second kappa shape index (κ2) is 7.64. The van der Waals surface area contributed by atoms with Crippen molar-refractivity contribution in [2.75, 3.05) is 6.54 Å². The average Bonchev–Trinajstić information content (AvgIpc) is 2.69. The molecule has 17 heavy (non-hydrogen) atoms. The number of aliphatic carboxylic acids is 1. The number of carboxylic acid groups (broad SMARTS) is 1. The van der Waals surface area contributed by atoms with Crippen LogP contribution < -0.4 is 11.1 Å². The molecule has 1 aromatic heterocycles. The van der Waals surface area contributed by atoms with Gasteiger partial charge in [0.05, 0.1) is 18.8 Å². The lowest BCUT2D eigenvalue weighted by Crippen LogP contribution is -2.42. The van der Waals surface area contributed by atoms with Crippen LogP contribution in [0.5, 0.6) is 0 Å². The van der Waals surface area contributed by atoms with E-state index in [-0.39, 0.29) is 31.3 Å². The number of imidazole rings is 1. The maximum atomic E-state index is 11.4. The van der Waals surface area contributed by atoms with Gasteiger partial charge in [-0.3, -0.25) is 9.59 Å². The zero-order valence-electron chi connectivity index (χ0n) is 9.05. The third kappa shape index (κ3) is 5.88. The largest absolute Gasteiger partial charge is 0.481 e. The summed E-state index contributed by atoms with van der Waals surface area (Å²) >= 11 is 0. The molecule has 1 amide bonds. The summed E-state index contributed by atoms with van der Waals surface area (Å²) in [6.45, 7) is 0.0881. The van der Waals surface area contributed by atoms with Crippen molar-refractivity contribution >= 4 is 24.3 Å². The molecular formula is C9H15ClN4O3. The van der Waals surface area contributed by atoms with Gasteiger partial charge in [-0.05, 0) is 0 Å². The highest BCUT2D eigenvalue weighted by molar-refractivity contribution is 5.85. The number of aromatic nitrogens is 2. The van der Waals surface area contributed by atoms with Crippen molar-refractivity contribution in [2.24, 2.45) is 5.73 Å². The fraction of sp³-hybridized carbons (Fsp3) is 0.444. The molecule has 0 aliphatic rings. The number of carbonyl (C=O) groups excluding carboxylic acids is 1. The molecule has 1 heterocycles. The number of amides is 1. The van der Waals surface area contributed by atoms with Gasteiger partial charge >= 0.3 is 5.97 Å². The van der Waals surface area contributed by atoms with Gasteiger partial charge in [-0.15, -0.1) is 12.4 Å². The van der Waals surface area contributed by atoms with E-state index >= 15 is 0 Å². The summed E-state index contributed by atoms with van der Waals surface area (Å²) in [7, 11) is 0. The maximum Gasteiger partial charge on any atom is 0.305 e. The smallest absolute Gasteiger partial charge is 0.305 e. The summed E-state index contributed by atoms with van der Waals surface area (Å²) in [5.74, 6) is -1.32. The van der Waals surface area contributed by atoms with Crippen molar-refractivity contribution in [2.45, 2.75) is 18.9 Å². The molecule has 0 fully saturated rings. The molecule has 1 aromatic rings. The Morgan fingerprint density at radius 2 is 2.29 bits per heavy atom. The predicted molar refractivity (Wildman–Crippen MR) is 62.8 cm³/mol. The summed E-state index contributed by atoms with van der Waals surface area (Å²) in [4.78, 5) is 28.2. The van der Waals surface area contributed by atoms with E-state index in [1.807, 2.05) is 0 Å². The maximum absolute atomic E-state index is 11.4. The second-order valence-electron chi connectivity index (χ2n) is 3.32. The van der Waals surface area contributed by atoms with Gasteiger partial charge < -0.3 is 21.1 Å². The summed E-state index contributed by atoms with van der Waals surface area (Å²) in [6.07, 6.45) is 3.33. The Labute approximate surface area is 104 Å². The molecule has 0 spiro atoms. The first-order valence-electron chi connectivity index (χ1n) is 4.82. The van der Waals surface area contributed by atoms with Crippen LogP contribution in [0.4, 0.5) is 0 Å². The molecule has 0 radical (unpaired) electrons. The first-order chi connectivity index (χ1) is 7.59. The molecule has 0 saturated carbocycles. The molecule has 0 bridgehead atoms. The Kier molecular flexibility index (Phi) is 6.92. The Bertz CT molecular complexity index is 355. The van der Waals surface area contributed by atoms with Crippen molar-refractivity contribution in [3.05, 3.63) is 18.2 Å². The number of H-pyrrole nitrogens is 1. The van der Waals surface area contributed by atoms with Crippen LogP contribution in [-0.4, -0.2) is 39.5 Å². The average molecular weight is 263 g/mol. The molecule has 7 nitrogen and oxygen atoms in total. The van der Waals surface area contributed by atoms with Crippen molar-refractivity contribution < 1.29 is 14.7 Å². The topological polar surface area (TPSA) is 121 Å². The fourth-order valence-electron chi connectivity index (χ4n) is 1.15. The quantitative estimate of drug-likeness (QED) is 0.540. The van der Waals surface area contributed by atoms with Crippen LogP contribution in [-0.2, 0) is 16.0 Å². The number of aromatic amines is 1.